The van der Waals surface area contributed by atoms with E-state index in [9.17, 15) is 0 Å². The molecule has 1 aromatic rings. The Morgan fingerprint density at radius 1 is 1.36 bits per heavy atom. The van der Waals surface area contributed by atoms with Crippen molar-refractivity contribution in [1.82, 2.24) is 0 Å². The van der Waals surface area contributed by atoms with Gasteiger partial charge in [-0.25, -0.2) is 0 Å². The maximum absolute atomic E-state index is 5.62. The second-order valence-electron chi connectivity index (χ2n) is 2.80. The van der Waals surface area contributed by atoms with Crippen LogP contribution in [0.2, 0.25) is 0 Å². The van der Waals surface area contributed by atoms with Crippen molar-refractivity contribution in [1.29, 1.82) is 0 Å². The summed E-state index contributed by atoms with van der Waals surface area (Å²) in [5, 5.41) is 0. The molecule has 0 fully saturated rings. The van der Waals surface area contributed by atoms with Crippen molar-refractivity contribution >= 4 is 21.7 Å². The summed E-state index contributed by atoms with van der Waals surface area (Å²) in [5.74, 6) is 0.582. The first-order chi connectivity index (χ1) is 5.24. The number of halogens is 1. The number of benzene rings is 1. The lowest BCUT2D eigenvalue weighted by atomic mass is 10.0. The van der Waals surface area contributed by atoms with Gasteiger partial charge >= 0.3 is 0 Å². The third kappa shape index (κ3) is 2.42. The highest BCUT2D eigenvalue weighted by atomic mass is 35.7. The lowest BCUT2D eigenvalue weighted by molar-refractivity contribution is 0.862. The zero-order valence-corrected chi connectivity index (χ0v) is 8.25. The zero-order valence-electron chi connectivity index (χ0n) is 6.67. The summed E-state index contributed by atoms with van der Waals surface area (Å²) in [6.45, 7) is 4.36. The highest BCUT2D eigenvalue weighted by Gasteiger charge is 1.98. The molecule has 0 amide bonds. The van der Waals surface area contributed by atoms with Gasteiger partial charge in [0.15, 0.2) is 0 Å². The Bertz CT molecular complexity index is 233. The lowest BCUT2D eigenvalue weighted by Gasteiger charge is -2.04. The fourth-order valence-corrected chi connectivity index (χ4v) is 1.52. The van der Waals surface area contributed by atoms with E-state index >= 15 is 0 Å². The van der Waals surface area contributed by atoms with Gasteiger partial charge in [0.25, 0.3) is 0 Å². The highest BCUT2D eigenvalue weighted by Crippen LogP contribution is 2.25. The van der Waals surface area contributed by atoms with Crippen molar-refractivity contribution in [3.8, 4) is 0 Å². The maximum atomic E-state index is 5.62. The van der Waals surface area contributed by atoms with Gasteiger partial charge in [-0.3, -0.25) is 0 Å². The molecular formula is C9H11ClS. The molecule has 0 aromatic heterocycles. The predicted octanol–water partition coefficient (Wildman–Crippen LogP) is 4.06. The first-order valence-electron chi connectivity index (χ1n) is 3.62. The lowest BCUT2D eigenvalue weighted by Crippen LogP contribution is -1.85. The van der Waals surface area contributed by atoms with Gasteiger partial charge in [-0.15, -0.1) is 0 Å². The van der Waals surface area contributed by atoms with E-state index in [1.54, 1.807) is 0 Å². The molecular weight excluding hydrogens is 176 g/mol. The molecule has 0 N–H and O–H groups in total. The van der Waals surface area contributed by atoms with Crippen LogP contribution in [-0.4, -0.2) is 0 Å². The summed E-state index contributed by atoms with van der Waals surface area (Å²) in [7, 11) is 6.89. The molecule has 2 heteroatoms. The molecule has 0 unspecified atom stereocenters. The Morgan fingerprint density at radius 3 is 2.64 bits per heavy atom. The normalized spacial score (nSPS) is 10.5. The van der Waals surface area contributed by atoms with Crippen LogP contribution in [0.1, 0.15) is 25.3 Å². The number of hydrogen-bond donors (Lipinski definition) is 0. The number of rotatable bonds is 2. The molecule has 0 aliphatic rings. The Labute approximate surface area is 76.5 Å². The molecule has 0 radical (unpaired) electrons. The van der Waals surface area contributed by atoms with E-state index in [4.69, 9.17) is 10.7 Å². The van der Waals surface area contributed by atoms with Gasteiger partial charge in [-0.2, -0.15) is 0 Å². The summed E-state index contributed by atoms with van der Waals surface area (Å²) < 4.78 is 0. The Kier molecular flexibility index (Phi) is 3.28. The van der Waals surface area contributed by atoms with E-state index in [1.807, 2.05) is 12.1 Å². The van der Waals surface area contributed by atoms with Gasteiger partial charge < -0.3 is 0 Å². The van der Waals surface area contributed by atoms with Crippen molar-refractivity contribution in [3.63, 3.8) is 0 Å². The quantitative estimate of drug-likeness (QED) is 0.672. The van der Waals surface area contributed by atoms with Crippen LogP contribution in [0.15, 0.2) is 29.2 Å². The van der Waals surface area contributed by atoms with Crippen LogP contribution in [-0.2, 0) is 0 Å². The van der Waals surface area contributed by atoms with Crippen LogP contribution in [0.5, 0.6) is 0 Å². The van der Waals surface area contributed by atoms with Crippen molar-refractivity contribution in [2.24, 2.45) is 0 Å². The van der Waals surface area contributed by atoms with E-state index in [-0.39, 0.29) is 0 Å². The van der Waals surface area contributed by atoms with Gasteiger partial charge in [0.2, 0.25) is 0 Å². The molecule has 0 saturated heterocycles. The van der Waals surface area contributed by atoms with Crippen molar-refractivity contribution < 1.29 is 0 Å². The van der Waals surface area contributed by atoms with Crippen LogP contribution < -0.4 is 0 Å². The van der Waals surface area contributed by atoms with E-state index in [1.165, 1.54) is 16.5 Å². The molecule has 0 aliphatic heterocycles. The van der Waals surface area contributed by atoms with Crippen LogP contribution in [0, 0.1) is 0 Å². The van der Waals surface area contributed by atoms with Gasteiger partial charge in [0.1, 0.15) is 0 Å². The third-order valence-corrected chi connectivity index (χ3v) is 2.58. The fourth-order valence-electron chi connectivity index (χ4n) is 0.922. The molecule has 0 nitrogen and oxygen atoms in total. The van der Waals surface area contributed by atoms with Crippen LogP contribution >= 0.6 is 21.7 Å². The molecule has 0 saturated carbocycles. The summed E-state index contributed by atoms with van der Waals surface area (Å²) >= 11 is 0. The van der Waals surface area contributed by atoms with Crippen LogP contribution in [0.25, 0.3) is 0 Å². The van der Waals surface area contributed by atoms with E-state index in [2.05, 4.69) is 26.0 Å². The summed E-state index contributed by atoms with van der Waals surface area (Å²) in [6.07, 6.45) is 0. The molecule has 0 atom stereocenters. The van der Waals surface area contributed by atoms with Crippen LogP contribution in [0.3, 0.4) is 0 Å². The standard InChI is InChI=1S/C9H11ClS/c1-7(2)8-4-3-5-9(6-8)11-10/h3-7H,1-2H3. The summed E-state index contributed by atoms with van der Waals surface area (Å²) in [6, 6.07) is 8.31. The minimum Gasteiger partial charge on any atom is -0.0608 e. The first kappa shape index (κ1) is 8.95. The second-order valence-corrected chi connectivity index (χ2v) is 3.89. The monoisotopic (exact) mass is 186 g/mol. The molecule has 1 aromatic carbocycles. The average molecular weight is 187 g/mol. The van der Waals surface area contributed by atoms with E-state index < -0.39 is 0 Å². The average Bonchev–Trinajstić information content (AvgIpc) is 2.05. The fraction of sp³-hybridized carbons (Fsp3) is 0.333. The Balaban J connectivity index is 2.91. The van der Waals surface area contributed by atoms with Crippen molar-refractivity contribution in [3.05, 3.63) is 29.8 Å². The van der Waals surface area contributed by atoms with Crippen LogP contribution in [0.4, 0.5) is 0 Å². The zero-order chi connectivity index (χ0) is 8.27. The van der Waals surface area contributed by atoms with Crippen molar-refractivity contribution in [2.45, 2.75) is 24.7 Å². The van der Waals surface area contributed by atoms with Gasteiger partial charge in [0, 0.05) is 4.90 Å². The molecule has 0 spiro atoms. The molecule has 11 heavy (non-hydrogen) atoms. The minimum absolute atomic E-state index is 0.582. The maximum Gasteiger partial charge on any atom is 0.0236 e. The highest BCUT2D eigenvalue weighted by molar-refractivity contribution is 8.21. The molecule has 1 rings (SSSR count). The molecule has 0 heterocycles. The molecule has 60 valence electrons. The largest absolute Gasteiger partial charge is 0.0608 e. The SMILES string of the molecule is CC(C)c1cccc(SCl)c1. The predicted molar refractivity (Wildman–Crippen MR) is 52.2 cm³/mol. The second kappa shape index (κ2) is 4.03. The van der Waals surface area contributed by atoms with Gasteiger partial charge in [-0.05, 0) is 45.3 Å². The molecule has 0 aliphatic carbocycles. The third-order valence-electron chi connectivity index (χ3n) is 1.61. The number of hydrogen-bond acceptors (Lipinski definition) is 1. The van der Waals surface area contributed by atoms with Gasteiger partial charge in [-0.1, -0.05) is 26.0 Å². The Hall–Kier alpha value is -0.140. The topological polar surface area (TPSA) is 0 Å². The first-order valence-corrected chi connectivity index (χ1v) is 5.27. The summed E-state index contributed by atoms with van der Waals surface area (Å²) in [4.78, 5) is 1.12. The van der Waals surface area contributed by atoms with E-state index in [0.29, 0.717) is 5.92 Å². The summed E-state index contributed by atoms with van der Waals surface area (Å²) in [5.41, 5.74) is 1.34. The molecule has 0 bridgehead atoms. The van der Waals surface area contributed by atoms with Gasteiger partial charge in [0.05, 0.1) is 0 Å². The smallest absolute Gasteiger partial charge is 0.0236 e. The van der Waals surface area contributed by atoms with Crippen molar-refractivity contribution in [2.75, 3.05) is 0 Å². The Morgan fingerprint density at radius 2 is 2.09 bits per heavy atom. The minimum atomic E-state index is 0.582. The van der Waals surface area contributed by atoms with E-state index in [0.717, 1.165) is 4.90 Å².